The van der Waals surface area contributed by atoms with Crippen molar-refractivity contribution in [2.45, 2.75) is 6.92 Å². The van der Waals surface area contributed by atoms with E-state index in [1.807, 2.05) is 0 Å². The molecule has 88 valence electrons. The lowest BCUT2D eigenvalue weighted by atomic mass is 10.3. The van der Waals surface area contributed by atoms with Crippen LogP contribution >= 0.6 is 0 Å². The molecule has 0 spiro atoms. The van der Waals surface area contributed by atoms with Gasteiger partial charge in [0, 0.05) is 5.69 Å². The first-order chi connectivity index (χ1) is 7.53. The first-order valence-corrected chi connectivity index (χ1v) is 6.40. The highest BCUT2D eigenvalue weighted by Gasteiger charge is 2.16. The van der Waals surface area contributed by atoms with E-state index in [0.29, 0.717) is 5.69 Å². The average molecular weight is 243 g/mol. The van der Waals surface area contributed by atoms with Gasteiger partial charge in [0.05, 0.1) is 6.61 Å². The van der Waals surface area contributed by atoms with Crippen molar-refractivity contribution in [3.8, 4) is 0 Å². The maximum absolute atomic E-state index is 11.5. The van der Waals surface area contributed by atoms with Crippen LogP contribution in [0.3, 0.4) is 0 Å². The van der Waals surface area contributed by atoms with Crippen molar-refractivity contribution >= 4 is 21.7 Å². The van der Waals surface area contributed by atoms with Gasteiger partial charge in [0.2, 0.25) is 10.0 Å². The second-order valence-electron chi connectivity index (χ2n) is 3.03. The van der Waals surface area contributed by atoms with Crippen molar-refractivity contribution < 1.29 is 17.9 Å². The molecule has 0 radical (unpaired) electrons. The highest BCUT2D eigenvalue weighted by Crippen LogP contribution is 2.07. The minimum absolute atomic E-state index is 0.166. The predicted molar refractivity (Wildman–Crippen MR) is 60.5 cm³/mol. The molecule has 0 aliphatic rings. The molecule has 0 amide bonds. The minimum atomic E-state index is -3.68. The summed E-state index contributed by atoms with van der Waals surface area (Å²) in [6.45, 7) is 1.79. The van der Waals surface area contributed by atoms with E-state index in [1.54, 1.807) is 37.3 Å². The monoisotopic (exact) mass is 243 g/mol. The number of hydrogen-bond acceptors (Lipinski definition) is 4. The van der Waals surface area contributed by atoms with Crippen LogP contribution in [0, 0.1) is 0 Å². The third-order valence-corrected chi connectivity index (χ3v) is 2.82. The summed E-state index contributed by atoms with van der Waals surface area (Å²) < 4.78 is 29.8. The Hall–Kier alpha value is -1.56. The van der Waals surface area contributed by atoms with Crippen LogP contribution in [0.5, 0.6) is 0 Å². The third kappa shape index (κ3) is 4.31. The molecule has 0 aliphatic heterocycles. The number of sulfonamides is 1. The summed E-state index contributed by atoms with van der Waals surface area (Å²) in [5.74, 6) is -1.43. The smallest absolute Gasteiger partial charge is 0.323 e. The molecule has 0 fully saturated rings. The number of hydrogen-bond donors (Lipinski definition) is 1. The molecule has 6 heteroatoms. The van der Waals surface area contributed by atoms with Gasteiger partial charge in [-0.15, -0.1) is 0 Å². The molecular formula is C10H13NO4S. The van der Waals surface area contributed by atoms with Crippen molar-refractivity contribution in [1.82, 2.24) is 0 Å². The van der Waals surface area contributed by atoms with Crippen LogP contribution < -0.4 is 4.72 Å². The van der Waals surface area contributed by atoms with E-state index in [4.69, 9.17) is 0 Å². The lowest BCUT2D eigenvalue weighted by molar-refractivity contribution is -0.139. The topological polar surface area (TPSA) is 72.5 Å². The Labute approximate surface area is 94.5 Å². The van der Waals surface area contributed by atoms with E-state index in [2.05, 4.69) is 9.46 Å². The minimum Gasteiger partial charge on any atom is -0.465 e. The Morgan fingerprint density at radius 2 is 1.94 bits per heavy atom. The SMILES string of the molecule is CCOC(=O)CS(=O)(=O)Nc1ccccc1. The maximum atomic E-state index is 11.5. The summed E-state index contributed by atoms with van der Waals surface area (Å²) in [4.78, 5) is 11.0. The second kappa shape index (κ2) is 5.50. The molecule has 0 unspecified atom stereocenters. The second-order valence-corrected chi connectivity index (χ2v) is 4.75. The number of rotatable bonds is 5. The van der Waals surface area contributed by atoms with Crippen molar-refractivity contribution in [2.75, 3.05) is 17.1 Å². The van der Waals surface area contributed by atoms with Crippen LogP contribution in [0.4, 0.5) is 5.69 Å². The van der Waals surface area contributed by atoms with E-state index in [1.165, 1.54) is 0 Å². The molecule has 0 saturated heterocycles. The van der Waals surface area contributed by atoms with Crippen LogP contribution in [-0.2, 0) is 19.6 Å². The van der Waals surface area contributed by atoms with Crippen LogP contribution in [0.25, 0.3) is 0 Å². The molecule has 0 aromatic heterocycles. The summed E-state index contributed by atoms with van der Waals surface area (Å²) in [6, 6.07) is 8.36. The molecule has 1 rings (SSSR count). The van der Waals surface area contributed by atoms with Crippen LogP contribution in [-0.4, -0.2) is 26.7 Å². The van der Waals surface area contributed by atoms with Gasteiger partial charge in [-0.25, -0.2) is 8.42 Å². The lowest BCUT2D eigenvalue weighted by Gasteiger charge is -2.06. The average Bonchev–Trinajstić information content (AvgIpc) is 2.17. The molecular weight excluding hydrogens is 230 g/mol. The molecule has 1 aromatic rings. The molecule has 5 nitrogen and oxygen atoms in total. The molecule has 16 heavy (non-hydrogen) atoms. The molecule has 0 aliphatic carbocycles. The summed E-state index contributed by atoms with van der Waals surface area (Å²) in [6.07, 6.45) is 0. The standard InChI is InChI=1S/C10H13NO4S/c1-2-15-10(12)8-16(13,14)11-9-6-4-3-5-7-9/h3-7,11H,2,8H2,1H3. The van der Waals surface area contributed by atoms with Gasteiger partial charge in [0.25, 0.3) is 0 Å². The van der Waals surface area contributed by atoms with Gasteiger partial charge in [-0.2, -0.15) is 0 Å². The zero-order valence-corrected chi connectivity index (χ0v) is 9.66. The van der Waals surface area contributed by atoms with Crippen LogP contribution in [0.15, 0.2) is 30.3 Å². The lowest BCUT2D eigenvalue weighted by Crippen LogP contribution is -2.24. The number of ether oxygens (including phenoxy) is 1. The van der Waals surface area contributed by atoms with Gasteiger partial charge in [0.15, 0.2) is 5.75 Å². The van der Waals surface area contributed by atoms with Gasteiger partial charge < -0.3 is 4.74 Å². The number of anilines is 1. The number of carbonyl (C=O) groups is 1. The number of benzene rings is 1. The molecule has 0 bridgehead atoms. The maximum Gasteiger partial charge on any atom is 0.323 e. The van der Waals surface area contributed by atoms with Gasteiger partial charge in [0.1, 0.15) is 0 Å². The van der Waals surface area contributed by atoms with E-state index < -0.39 is 21.7 Å². The van der Waals surface area contributed by atoms with Crippen LogP contribution in [0.1, 0.15) is 6.92 Å². The Bertz CT molecular complexity index is 441. The number of para-hydroxylation sites is 1. The zero-order valence-electron chi connectivity index (χ0n) is 8.84. The van der Waals surface area contributed by atoms with Crippen LogP contribution in [0.2, 0.25) is 0 Å². The quantitative estimate of drug-likeness (QED) is 0.783. The van der Waals surface area contributed by atoms with Crippen molar-refractivity contribution in [2.24, 2.45) is 0 Å². The van der Waals surface area contributed by atoms with E-state index in [9.17, 15) is 13.2 Å². The van der Waals surface area contributed by atoms with Crippen molar-refractivity contribution in [3.63, 3.8) is 0 Å². The highest BCUT2D eigenvalue weighted by molar-refractivity contribution is 7.93. The molecule has 0 atom stereocenters. The number of nitrogens with one attached hydrogen (secondary N) is 1. The van der Waals surface area contributed by atoms with E-state index in [0.717, 1.165) is 0 Å². The molecule has 1 N–H and O–H groups in total. The van der Waals surface area contributed by atoms with Gasteiger partial charge in [-0.05, 0) is 19.1 Å². The van der Waals surface area contributed by atoms with Gasteiger partial charge in [-0.1, -0.05) is 18.2 Å². The fourth-order valence-corrected chi connectivity index (χ4v) is 2.04. The predicted octanol–water partition coefficient (Wildman–Crippen LogP) is 0.991. The van der Waals surface area contributed by atoms with Crippen molar-refractivity contribution in [1.29, 1.82) is 0 Å². The summed E-state index contributed by atoms with van der Waals surface area (Å²) in [7, 11) is -3.68. The van der Waals surface area contributed by atoms with Crippen molar-refractivity contribution in [3.05, 3.63) is 30.3 Å². The first-order valence-electron chi connectivity index (χ1n) is 4.74. The largest absolute Gasteiger partial charge is 0.465 e. The Kier molecular flexibility index (Phi) is 4.30. The van der Waals surface area contributed by atoms with E-state index >= 15 is 0 Å². The summed E-state index contributed by atoms with van der Waals surface area (Å²) in [5, 5.41) is 0. The molecule has 0 saturated carbocycles. The summed E-state index contributed by atoms with van der Waals surface area (Å²) >= 11 is 0. The Morgan fingerprint density at radius 3 is 2.50 bits per heavy atom. The zero-order chi connectivity index (χ0) is 12.0. The fraction of sp³-hybridized carbons (Fsp3) is 0.300. The van der Waals surface area contributed by atoms with Gasteiger partial charge in [-0.3, -0.25) is 9.52 Å². The van der Waals surface area contributed by atoms with Gasteiger partial charge >= 0.3 is 5.97 Å². The number of carbonyl (C=O) groups excluding carboxylic acids is 1. The molecule has 1 aromatic carbocycles. The first kappa shape index (κ1) is 12.5. The molecule has 0 heterocycles. The van der Waals surface area contributed by atoms with E-state index in [-0.39, 0.29) is 6.61 Å². The third-order valence-electron chi connectivity index (χ3n) is 1.66. The highest BCUT2D eigenvalue weighted by atomic mass is 32.2. The fourth-order valence-electron chi connectivity index (χ4n) is 1.08. The Balaban J connectivity index is 2.63. The normalized spacial score (nSPS) is 10.8. The Morgan fingerprint density at radius 1 is 1.31 bits per heavy atom. The number of esters is 1. The summed E-state index contributed by atoms with van der Waals surface area (Å²) in [5.41, 5.74) is 0.423.